The molecule has 1 aliphatic heterocycles. The van der Waals surface area contributed by atoms with Gasteiger partial charge in [0.1, 0.15) is 5.82 Å². The quantitative estimate of drug-likeness (QED) is 0.936. The summed E-state index contributed by atoms with van der Waals surface area (Å²) in [7, 11) is 1.61. The Morgan fingerprint density at radius 2 is 1.92 bits per heavy atom. The minimum Gasteiger partial charge on any atom is -0.481 e. The van der Waals surface area contributed by atoms with Crippen molar-refractivity contribution in [2.75, 3.05) is 17.3 Å². The topological polar surface area (TPSA) is 54.5 Å². The van der Waals surface area contributed by atoms with Gasteiger partial charge in [-0.2, -0.15) is 4.98 Å². The first-order valence-corrected chi connectivity index (χ1v) is 8.19. The fraction of sp³-hybridized carbons (Fsp3) is 0.368. The lowest BCUT2D eigenvalue weighted by molar-refractivity contribution is -0.117. The van der Waals surface area contributed by atoms with Crippen LogP contribution in [0.15, 0.2) is 42.5 Å². The highest BCUT2D eigenvalue weighted by Crippen LogP contribution is 2.42. The van der Waals surface area contributed by atoms with Gasteiger partial charge in [-0.05, 0) is 24.6 Å². The van der Waals surface area contributed by atoms with Crippen LogP contribution in [0, 0.1) is 5.92 Å². The molecule has 24 heavy (non-hydrogen) atoms. The largest absolute Gasteiger partial charge is 0.481 e. The second kappa shape index (κ2) is 6.51. The molecule has 1 N–H and O–H groups in total. The molecular weight excluding hydrogens is 302 g/mol. The first-order valence-electron chi connectivity index (χ1n) is 8.19. The number of nitrogens with zero attached hydrogens (tertiary/aromatic N) is 2. The molecule has 0 spiro atoms. The average molecular weight is 325 g/mol. The van der Waals surface area contributed by atoms with Crippen LogP contribution in [0.2, 0.25) is 0 Å². The van der Waals surface area contributed by atoms with Crippen LogP contribution in [-0.2, 0) is 4.79 Å². The summed E-state index contributed by atoms with van der Waals surface area (Å²) in [4.78, 5) is 18.5. The summed E-state index contributed by atoms with van der Waals surface area (Å²) in [6.45, 7) is 5.88. The number of nitrogens with one attached hydrogen (secondary N) is 1. The van der Waals surface area contributed by atoms with Crippen molar-refractivity contribution in [1.82, 2.24) is 4.98 Å². The van der Waals surface area contributed by atoms with Crippen LogP contribution < -0.4 is 15.0 Å². The third-order valence-corrected chi connectivity index (χ3v) is 4.80. The number of pyridine rings is 1. The molecule has 0 unspecified atom stereocenters. The Bertz CT molecular complexity index is 747. The first kappa shape index (κ1) is 16.3. The van der Waals surface area contributed by atoms with E-state index < -0.39 is 0 Å². The number of amides is 1. The molecule has 3 rings (SSSR count). The zero-order chi connectivity index (χ0) is 17.3. The molecule has 0 saturated carbocycles. The molecule has 1 aliphatic rings. The highest BCUT2D eigenvalue weighted by atomic mass is 16.5. The Labute approximate surface area is 142 Å². The summed E-state index contributed by atoms with van der Waals surface area (Å²) in [6.07, 6.45) is 0. The summed E-state index contributed by atoms with van der Waals surface area (Å²) < 4.78 is 5.21. The van der Waals surface area contributed by atoms with E-state index in [4.69, 9.17) is 4.74 Å². The van der Waals surface area contributed by atoms with Crippen LogP contribution >= 0.6 is 0 Å². The molecule has 1 aromatic heterocycles. The van der Waals surface area contributed by atoms with Crippen molar-refractivity contribution in [2.45, 2.75) is 32.9 Å². The smallest absolute Gasteiger partial charge is 0.224 e. The molecule has 2 heterocycles. The molecule has 1 amide bonds. The first-order chi connectivity index (χ1) is 11.5. The van der Waals surface area contributed by atoms with Gasteiger partial charge in [0.05, 0.1) is 13.2 Å². The number of anilines is 2. The van der Waals surface area contributed by atoms with Crippen LogP contribution in [0.5, 0.6) is 5.88 Å². The van der Waals surface area contributed by atoms with Gasteiger partial charge < -0.3 is 15.0 Å². The summed E-state index contributed by atoms with van der Waals surface area (Å²) in [6, 6.07) is 13.9. The summed E-state index contributed by atoms with van der Waals surface area (Å²) in [5.74, 6) is 1.65. The van der Waals surface area contributed by atoms with Gasteiger partial charge in [0.2, 0.25) is 11.8 Å². The van der Waals surface area contributed by atoms with E-state index in [-0.39, 0.29) is 23.9 Å². The Hall–Kier alpha value is -2.56. The summed E-state index contributed by atoms with van der Waals surface area (Å²) in [5, 5.41) is 3.52. The molecule has 5 heteroatoms. The minimum atomic E-state index is 0.0692. The van der Waals surface area contributed by atoms with Crippen molar-refractivity contribution in [3.8, 4) is 5.88 Å². The van der Waals surface area contributed by atoms with Gasteiger partial charge >= 0.3 is 0 Å². The van der Waals surface area contributed by atoms with E-state index in [0.29, 0.717) is 5.88 Å². The number of rotatable bonds is 3. The number of carbonyl (C=O) groups is 1. The minimum absolute atomic E-state index is 0.0692. The Morgan fingerprint density at radius 1 is 1.17 bits per heavy atom. The molecule has 0 radical (unpaired) electrons. The van der Waals surface area contributed by atoms with Gasteiger partial charge in [-0.15, -0.1) is 0 Å². The van der Waals surface area contributed by atoms with Crippen LogP contribution in [0.25, 0.3) is 0 Å². The SMILES string of the molecule is COc1cccc(N[C@H]2c3ccccc3N(C(C)=O)[C@@H](C)[C@@H]2C)n1. The van der Waals surface area contributed by atoms with E-state index >= 15 is 0 Å². The number of methoxy groups -OCH3 is 1. The molecule has 0 saturated heterocycles. The number of hydrogen-bond acceptors (Lipinski definition) is 4. The van der Waals surface area contributed by atoms with Crippen LogP contribution in [0.4, 0.5) is 11.5 Å². The van der Waals surface area contributed by atoms with E-state index in [9.17, 15) is 4.79 Å². The molecule has 126 valence electrons. The number of para-hydroxylation sites is 1. The van der Waals surface area contributed by atoms with Crippen LogP contribution in [-0.4, -0.2) is 24.0 Å². The maximum absolute atomic E-state index is 12.1. The fourth-order valence-corrected chi connectivity index (χ4v) is 3.42. The van der Waals surface area contributed by atoms with Gasteiger partial charge in [0.15, 0.2) is 0 Å². The summed E-state index contributed by atoms with van der Waals surface area (Å²) >= 11 is 0. The fourth-order valence-electron chi connectivity index (χ4n) is 3.42. The third kappa shape index (κ3) is 2.82. The standard InChI is InChI=1S/C19H23N3O2/c1-12-13(2)22(14(3)23)16-9-6-5-8-15(16)19(12)21-17-10-7-11-18(20-17)24-4/h5-13,19H,1-4H3,(H,20,21)/t12-,13-,19+/m0/s1. The molecule has 3 atom stereocenters. The highest BCUT2D eigenvalue weighted by Gasteiger charge is 2.37. The molecule has 5 nitrogen and oxygen atoms in total. The number of ether oxygens (including phenoxy) is 1. The number of benzene rings is 1. The molecule has 0 bridgehead atoms. The molecule has 1 aromatic carbocycles. The lowest BCUT2D eigenvalue weighted by Crippen LogP contribution is -2.48. The Balaban J connectivity index is 2.00. The van der Waals surface area contributed by atoms with Gasteiger partial charge in [-0.25, -0.2) is 0 Å². The zero-order valence-corrected chi connectivity index (χ0v) is 14.5. The maximum atomic E-state index is 12.1. The Morgan fingerprint density at radius 3 is 2.62 bits per heavy atom. The average Bonchev–Trinajstić information content (AvgIpc) is 2.59. The van der Waals surface area contributed by atoms with Crippen molar-refractivity contribution in [1.29, 1.82) is 0 Å². The predicted molar refractivity (Wildman–Crippen MR) is 95.4 cm³/mol. The van der Waals surface area contributed by atoms with Crippen molar-refractivity contribution in [3.63, 3.8) is 0 Å². The van der Waals surface area contributed by atoms with Crippen LogP contribution in [0.3, 0.4) is 0 Å². The van der Waals surface area contributed by atoms with E-state index in [1.54, 1.807) is 14.0 Å². The zero-order valence-electron chi connectivity index (χ0n) is 14.5. The molecule has 2 aromatic rings. The monoisotopic (exact) mass is 325 g/mol. The van der Waals surface area contributed by atoms with Crippen LogP contribution in [0.1, 0.15) is 32.4 Å². The van der Waals surface area contributed by atoms with E-state index in [1.807, 2.05) is 41.3 Å². The van der Waals surface area contributed by atoms with E-state index in [1.165, 1.54) is 0 Å². The second-order valence-electron chi connectivity index (χ2n) is 6.23. The van der Waals surface area contributed by atoms with Gasteiger partial charge in [-0.3, -0.25) is 4.79 Å². The second-order valence-corrected chi connectivity index (χ2v) is 6.23. The third-order valence-electron chi connectivity index (χ3n) is 4.80. The number of carbonyl (C=O) groups excluding carboxylic acids is 1. The maximum Gasteiger partial charge on any atom is 0.224 e. The lowest BCUT2D eigenvalue weighted by atomic mass is 9.83. The predicted octanol–water partition coefficient (Wildman–Crippen LogP) is 3.63. The van der Waals surface area contributed by atoms with Crippen molar-refractivity contribution >= 4 is 17.4 Å². The molecular formula is C19H23N3O2. The van der Waals surface area contributed by atoms with Crippen molar-refractivity contribution < 1.29 is 9.53 Å². The van der Waals surface area contributed by atoms with E-state index in [0.717, 1.165) is 17.1 Å². The highest BCUT2D eigenvalue weighted by molar-refractivity contribution is 5.93. The number of fused-ring (bicyclic) bond motifs is 1. The van der Waals surface area contributed by atoms with Gasteiger partial charge in [0, 0.05) is 30.6 Å². The van der Waals surface area contributed by atoms with Gasteiger partial charge in [-0.1, -0.05) is 31.2 Å². The number of aromatic nitrogens is 1. The van der Waals surface area contributed by atoms with Gasteiger partial charge in [0.25, 0.3) is 0 Å². The van der Waals surface area contributed by atoms with Crippen molar-refractivity contribution in [3.05, 3.63) is 48.0 Å². The molecule has 0 fully saturated rings. The lowest BCUT2D eigenvalue weighted by Gasteiger charge is -2.43. The summed E-state index contributed by atoms with van der Waals surface area (Å²) in [5.41, 5.74) is 2.08. The number of hydrogen-bond donors (Lipinski definition) is 1. The van der Waals surface area contributed by atoms with Crippen molar-refractivity contribution in [2.24, 2.45) is 5.92 Å². The van der Waals surface area contributed by atoms with E-state index in [2.05, 4.69) is 30.2 Å². The Kier molecular flexibility index (Phi) is 4.42. The normalized spacial score (nSPS) is 22.7. The molecule has 0 aliphatic carbocycles.